The zero-order valence-corrected chi connectivity index (χ0v) is 11.0. The largest absolute Gasteiger partial charge is 0.508 e. The zero-order valence-electron chi connectivity index (χ0n) is 11.0. The number of ether oxygens (including phenoxy) is 2. The molecule has 3 rings (SSSR count). The number of phenols is 1. The molecule has 1 aliphatic heterocycles. The smallest absolute Gasteiger partial charge is 0.161 e. The summed E-state index contributed by atoms with van der Waals surface area (Å²) >= 11 is 0. The first-order valence-corrected chi connectivity index (χ1v) is 6.64. The second kappa shape index (κ2) is 5.43. The molecule has 0 bridgehead atoms. The van der Waals surface area contributed by atoms with Crippen LogP contribution in [0.4, 0.5) is 0 Å². The van der Waals surface area contributed by atoms with E-state index < -0.39 is 0 Å². The average molecular weight is 271 g/mol. The Labute approximate surface area is 117 Å². The minimum Gasteiger partial charge on any atom is -0.508 e. The molecule has 2 aromatic carbocycles. The van der Waals surface area contributed by atoms with E-state index >= 15 is 0 Å². The molecule has 0 saturated heterocycles. The lowest BCUT2D eigenvalue weighted by Crippen LogP contribution is -2.46. The fraction of sp³-hybridized carbons (Fsp3) is 0.250. The molecule has 0 radical (unpaired) electrons. The van der Waals surface area contributed by atoms with Gasteiger partial charge < -0.3 is 20.3 Å². The van der Waals surface area contributed by atoms with Crippen LogP contribution in [0, 0.1) is 0 Å². The van der Waals surface area contributed by atoms with Gasteiger partial charge in [-0.1, -0.05) is 24.3 Å². The number of phenolic OH excluding ortho intramolecular Hbond substituents is 1. The van der Waals surface area contributed by atoms with Crippen LogP contribution in [0.1, 0.15) is 5.56 Å². The summed E-state index contributed by atoms with van der Waals surface area (Å²) in [4.78, 5) is 0. The Morgan fingerprint density at radius 2 is 1.80 bits per heavy atom. The van der Waals surface area contributed by atoms with Gasteiger partial charge in [-0.3, -0.25) is 0 Å². The summed E-state index contributed by atoms with van der Waals surface area (Å²) in [5.74, 6) is 1.76. The van der Waals surface area contributed by atoms with E-state index in [9.17, 15) is 5.11 Å². The van der Waals surface area contributed by atoms with Gasteiger partial charge in [-0.15, -0.1) is 0 Å². The number of hydrogen-bond donors (Lipinski definition) is 2. The second-order valence-corrected chi connectivity index (χ2v) is 4.95. The molecule has 0 fully saturated rings. The van der Waals surface area contributed by atoms with Crippen molar-refractivity contribution in [1.29, 1.82) is 0 Å². The maximum atomic E-state index is 9.27. The molecule has 20 heavy (non-hydrogen) atoms. The quantitative estimate of drug-likeness (QED) is 0.897. The summed E-state index contributed by atoms with van der Waals surface area (Å²) in [5.41, 5.74) is 7.28. The minimum absolute atomic E-state index is 0.159. The van der Waals surface area contributed by atoms with Gasteiger partial charge in [0, 0.05) is 6.04 Å². The van der Waals surface area contributed by atoms with Gasteiger partial charge in [-0.25, -0.2) is 0 Å². The van der Waals surface area contributed by atoms with Crippen LogP contribution in [0.25, 0.3) is 0 Å². The van der Waals surface area contributed by atoms with E-state index in [4.69, 9.17) is 15.2 Å². The first-order valence-electron chi connectivity index (χ1n) is 6.64. The molecule has 1 heterocycles. The van der Waals surface area contributed by atoms with Gasteiger partial charge >= 0.3 is 0 Å². The average Bonchev–Trinajstić information content (AvgIpc) is 2.49. The third-order valence-electron chi connectivity index (χ3n) is 3.42. The molecule has 0 spiro atoms. The lowest BCUT2D eigenvalue weighted by atomic mass is 10.0. The SMILES string of the molecule is NC(Cc1ccc(O)cc1)C1COc2ccccc2O1. The second-order valence-electron chi connectivity index (χ2n) is 4.95. The van der Waals surface area contributed by atoms with Crippen LogP contribution in [-0.4, -0.2) is 23.9 Å². The lowest BCUT2D eigenvalue weighted by Gasteiger charge is -2.30. The van der Waals surface area contributed by atoms with Gasteiger partial charge in [0.25, 0.3) is 0 Å². The van der Waals surface area contributed by atoms with Crippen LogP contribution in [0.5, 0.6) is 17.2 Å². The molecule has 4 heteroatoms. The van der Waals surface area contributed by atoms with Crippen molar-refractivity contribution in [2.45, 2.75) is 18.6 Å². The zero-order chi connectivity index (χ0) is 13.9. The first kappa shape index (κ1) is 12.8. The van der Waals surface area contributed by atoms with E-state index in [1.807, 2.05) is 36.4 Å². The van der Waals surface area contributed by atoms with E-state index in [0.29, 0.717) is 13.0 Å². The summed E-state index contributed by atoms with van der Waals surface area (Å²) in [5, 5.41) is 9.27. The normalized spacial score (nSPS) is 18.6. The molecular weight excluding hydrogens is 254 g/mol. The fourth-order valence-electron chi connectivity index (χ4n) is 2.28. The van der Waals surface area contributed by atoms with Crippen molar-refractivity contribution in [3.05, 3.63) is 54.1 Å². The van der Waals surface area contributed by atoms with Gasteiger partial charge in [0.1, 0.15) is 18.5 Å². The summed E-state index contributed by atoms with van der Waals surface area (Å²) in [7, 11) is 0. The van der Waals surface area contributed by atoms with Crippen LogP contribution >= 0.6 is 0 Å². The summed E-state index contributed by atoms with van der Waals surface area (Å²) < 4.78 is 11.6. The molecule has 104 valence electrons. The topological polar surface area (TPSA) is 64.7 Å². The van der Waals surface area contributed by atoms with Gasteiger partial charge in [0.2, 0.25) is 0 Å². The van der Waals surface area contributed by atoms with Crippen molar-refractivity contribution >= 4 is 0 Å². The summed E-state index contributed by atoms with van der Waals surface area (Å²) in [6, 6.07) is 14.5. The maximum absolute atomic E-state index is 9.27. The minimum atomic E-state index is -0.168. The molecule has 0 amide bonds. The van der Waals surface area contributed by atoms with Crippen molar-refractivity contribution < 1.29 is 14.6 Å². The molecule has 0 aromatic heterocycles. The van der Waals surface area contributed by atoms with Crippen LogP contribution in [-0.2, 0) is 6.42 Å². The van der Waals surface area contributed by atoms with Crippen molar-refractivity contribution in [3.63, 3.8) is 0 Å². The highest BCUT2D eigenvalue weighted by molar-refractivity contribution is 5.41. The van der Waals surface area contributed by atoms with E-state index in [1.54, 1.807) is 12.1 Å². The first-order chi connectivity index (χ1) is 9.72. The Hall–Kier alpha value is -2.20. The van der Waals surface area contributed by atoms with Crippen LogP contribution in [0.3, 0.4) is 0 Å². The number of hydrogen-bond acceptors (Lipinski definition) is 4. The van der Waals surface area contributed by atoms with E-state index in [1.165, 1.54) is 0 Å². The number of benzene rings is 2. The Balaban J connectivity index is 1.67. The van der Waals surface area contributed by atoms with Gasteiger partial charge in [-0.05, 0) is 36.2 Å². The van der Waals surface area contributed by atoms with Crippen LogP contribution in [0.2, 0.25) is 0 Å². The number of rotatable bonds is 3. The predicted molar refractivity (Wildman–Crippen MR) is 76.1 cm³/mol. The Bertz CT molecular complexity index is 583. The predicted octanol–water partition coefficient (Wildman–Crippen LogP) is 2.10. The molecule has 3 N–H and O–H groups in total. The summed E-state index contributed by atoms with van der Waals surface area (Å²) in [6.07, 6.45) is 0.509. The molecule has 0 saturated carbocycles. The van der Waals surface area contributed by atoms with Crippen molar-refractivity contribution in [3.8, 4) is 17.2 Å². The van der Waals surface area contributed by atoms with Crippen molar-refractivity contribution in [2.75, 3.05) is 6.61 Å². The third-order valence-corrected chi connectivity index (χ3v) is 3.42. The number of fused-ring (bicyclic) bond motifs is 1. The standard InChI is InChI=1S/C16H17NO3/c17-13(9-11-5-7-12(18)8-6-11)16-10-19-14-3-1-2-4-15(14)20-16/h1-8,13,16,18H,9-10,17H2. The number of para-hydroxylation sites is 2. The van der Waals surface area contributed by atoms with E-state index in [2.05, 4.69) is 0 Å². The third kappa shape index (κ3) is 2.70. The number of nitrogens with two attached hydrogens (primary N) is 1. The molecule has 2 atom stereocenters. The van der Waals surface area contributed by atoms with Crippen molar-refractivity contribution in [1.82, 2.24) is 0 Å². The monoisotopic (exact) mass is 271 g/mol. The molecule has 2 aromatic rings. The Kier molecular flexibility index (Phi) is 3.48. The molecule has 0 aliphatic carbocycles. The fourth-order valence-corrected chi connectivity index (χ4v) is 2.28. The van der Waals surface area contributed by atoms with Gasteiger partial charge in [-0.2, -0.15) is 0 Å². The van der Waals surface area contributed by atoms with Crippen molar-refractivity contribution in [2.24, 2.45) is 5.73 Å². The van der Waals surface area contributed by atoms with E-state index in [-0.39, 0.29) is 17.9 Å². The highest BCUT2D eigenvalue weighted by Gasteiger charge is 2.26. The molecule has 1 aliphatic rings. The van der Waals surface area contributed by atoms with E-state index in [0.717, 1.165) is 17.1 Å². The molecule has 2 unspecified atom stereocenters. The van der Waals surface area contributed by atoms with Crippen LogP contribution in [0.15, 0.2) is 48.5 Å². The number of aromatic hydroxyl groups is 1. The van der Waals surface area contributed by atoms with Gasteiger partial charge in [0.15, 0.2) is 11.5 Å². The Morgan fingerprint density at radius 1 is 1.10 bits per heavy atom. The lowest BCUT2D eigenvalue weighted by molar-refractivity contribution is 0.0723. The summed E-state index contributed by atoms with van der Waals surface area (Å²) in [6.45, 7) is 0.455. The van der Waals surface area contributed by atoms with Gasteiger partial charge in [0.05, 0.1) is 0 Å². The highest BCUT2D eigenvalue weighted by Crippen LogP contribution is 2.31. The van der Waals surface area contributed by atoms with Crippen LogP contribution < -0.4 is 15.2 Å². The maximum Gasteiger partial charge on any atom is 0.161 e. The molecular formula is C16H17NO3. The highest BCUT2D eigenvalue weighted by atomic mass is 16.6. The Morgan fingerprint density at radius 3 is 2.55 bits per heavy atom. The molecule has 4 nitrogen and oxygen atoms in total.